The number of aromatic nitrogens is 2. The van der Waals surface area contributed by atoms with Crippen molar-refractivity contribution in [2.24, 2.45) is 11.3 Å². The first kappa shape index (κ1) is 12.5. The molecular formula is C12H17F3N2. The van der Waals surface area contributed by atoms with Gasteiger partial charge < -0.3 is 0 Å². The average molecular weight is 246 g/mol. The molecule has 0 aromatic carbocycles. The Balaban J connectivity index is 2.33. The molecule has 2 rings (SSSR count). The van der Waals surface area contributed by atoms with E-state index in [1.165, 1.54) is 0 Å². The molecule has 0 fully saturated rings. The Morgan fingerprint density at radius 2 is 1.88 bits per heavy atom. The van der Waals surface area contributed by atoms with E-state index in [0.29, 0.717) is 24.1 Å². The van der Waals surface area contributed by atoms with Gasteiger partial charge in [0.2, 0.25) is 0 Å². The Kier molecular flexibility index (Phi) is 2.75. The van der Waals surface area contributed by atoms with Crippen LogP contribution in [0, 0.1) is 11.3 Å². The third-order valence-electron chi connectivity index (χ3n) is 3.64. The third-order valence-corrected chi connectivity index (χ3v) is 3.64. The van der Waals surface area contributed by atoms with E-state index in [4.69, 9.17) is 0 Å². The summed E-state index contributed by atoms with van der Waals surface area (Å²) in [5.41, 5.74) is 0.362. The van der Waals surface area contributed by atoms with Crippen molar-refractivity contribution in [2.75, 3.05) is 0 Å². The Bertz CT molecular complexity index is 412. The van der Waals surface area contributed by atoms with Crippen molar-refractivity contribution >= 4 is 0 Å². The molecule has 1 aliphatic carbocycles. The summed E-state index contributed by atoms with van der Waals surface area (Å²) in [5.74, 6) is 0.286. The lowest BCUT2D eigenvalue weighted by Crippen LogP contribution is -2.27. The molecule has 1 N–H and O–H groups in total. The second-order valence-electron chi connectivity index (χ2n) is 5.83. The van der Waals surface area contributed by atoms with Gasteiger partial charge in [-0.15, -0.1) is 0 Å². The number of rotatable bonds is 0. The summed E-state index contributed by atoms with van der Waals surface area (Å²) in [4.78, 5) is 0. The van der Waals surface area contributed by atoms with E-state index in [1.807, 2.05) is 0 Å². The quantitative estimate of drug-likeness (QED) is 0.744. The van der Waals surface area contributed by atoms with Crippen LogP contribution in [0.4, 0.5) is 13.2 Å². The largest absolute Gasteiger partial charge is 0.435 e. The van der Waals surface area contributed by atoms with Gasteiger partial charge in [-0.3, -0.25) is 5.10 Å². The molecule has 1 heterocycles. The summed E-state index contributed by atoms with van der Waals surface area (Å²) in [6, 6.07) is 0. The summed E-state index contributed by atoms with van der Waals surface area (Å²) < 4.78 is 38.3. The molecule has 1 atom stereocenters. The minimum atomic E-state index is -4.34. The number of fused-ring (bicyclic) bond motifs is 1. The fourth-order valence-corrected chi connectivity index (χ4v) is 2.47. The summed E-state index contributed by atoms with van der Waals surface area (Å²) in [7, 11) is 0. The molecular weight excluding hydrogens is 229 g/mol. The van der Waals surface area contributed by atoms with E-state index in [9.17, 15) is 13.2 Å². The van der Waals surface area contributed by atoms with Gasteiger partial charge in [0.25, 0.3) is 0 Å². The second kappa shape index (κ2) is 3.75. The number of aromatic amines is 1. The Labute approximate surface area is 98.6 Å². The molecule has 96 valence electrons. The highest BCUT2D eigenvalue weighted by Gasteiger charge is 2.40. The van der Waals surface area contributed by atoms with Crippen molar-refractivity contribution in [3.05, 3.63) is 17.0 Å². The highest BCUT2D eigenvalue weighted by Crippen LogP contribution is 2.41. The van der Waals surface area contributed by atoms with Gasteiger partial charge in [0.1, 0.15) is 0 Å². The van der Waals surface area contributed by atoms with Gasteiger partial charge in [-0.05, 0) is 30.6 Å². The lowest BCUT2D eigenvalue weighted by Gasteiger charge is -2.33. The van der Waals surface area contributed by atoms with Gasteiger partial charge in [-0.25, -0.2) is 0 Å². The zero-order valence-corrected chi connectivity index (χ0v) is 10.3. The van der Waals surface area contributed by atoms with Gasteiger partial charge in [-0.2, -0.15) is 18.3 Å². The van der Waals surface area contributed by atoms with Crippen molar-refractivity contribution in [2.45, 2.75) is 46.2 Å². The van der Waals surface area contributed by atoms with Gasteiger partial charge >= 0.3 is 6.18 Å². The molecule has 1 unspecified atom stereocenters. The Morgan fingerprint density at radius 1 is 1.24 bits per heavy atom. The number of nitrogens with zero attached hydrogens (tertiary/aromatic N) is 1. The SMILES string of the molecule is CC(C)(C)C1CCc2[nH]nc(C(F)(F)F)c2C1. The van der Waals surface area contributed by atoms with E-state index >= 15 is 0 Å². The maximum absolute atomic E-state index is 12.8. The third kappa shape index (κ3) is 2.33. The van der Waals surface area contributed by atoms with Gasteiger partial charge in [0.15, 0.2) is 5.69 Å². The number of nitrogens with one attached hydrogen (secondary N) is 1. The maximum Gasteiger partial charge on any atom is 0.435 e. The fourth-order valence-electron chi connectivity index (χ4n) is 2.47. The minimum Gasteiger partial charge on any atom is -0.282 e. The van der Waals surface area contributed by atoms with Crippen LogP contribution in [0.3, 0.4) is 0 Å². The molecule has 0 spiro atoms. The summed E-state index contributed by atoms with van der Waals surface area (Å²) >= 11 is 0. The predicted octanol–water partition coefficient (Wildman–Crippen LogP) is 3.58. The molecule has 1 aromatic rings. The van der Waals surface area contributed by atoms with Crippen molar-refractivity contribution in [3.63, 3.8) is 0 Å². The molecule has 17 heavy (non-hydrogen) atoms. The van der Waals surface area contributed by atoms with Crippen LogP contribution in [0.15, 0.2) is 0 Å². The standard InChI is InChI=1S/C12H17F3N2/c1-11(2,3)7-4-5-9-8(6-7)10(17-16-9)12(13,14)15/h7H,4-6H2,1-3H3,(H,16,17). The van der Waals surface area contributed by atoms with Gasteiger partial charge in [0, 0.05) is 11.3 Å². The number of hydrogen-bond acceptors (Lipinski definition) is 1. The first-order valence-electron chi connectivity index (χ1n) is 5.83. The maximum atomic E-state index is 12.8. The van der Waals surface area contributed by atoms with Crippen LogP contribution in [-0.4, -0.2) is 10.2 Å². The Morgan fingerprint density at radius 3 is 2.41 bits per heavy atom. The summed E-state index contributed by atoms with van der Waals surface area (Å²) in [6.45, 7) is 6.24. The molecule has 0 bridgehead atoms. The number of hydrogen-bond donors (Lipinski definition) is 1. The number of alkyl halides is 3. The first-order valence-corrected chi connectivity index (χ1v) is 5.83. The van der Waals surface area contributed by atoms with Crippen LogP contribution in [0.25, 0.3) is 0 Å². The van der Waals surface area contributed by atoms with E-state index < -0.39 is 11.9 Å². The highest BCUT2D eigenvalue weighted by atomic mass is 19.4. The van der Waals surface area contributed by atoms with E-state index in [0.717, 1.165) is 6.42 Å². The Hall–Kier alpha value is -1.00. The molecule has 0 saturated carbocycles. The van der Waals surface area contributed by atoms with Crippen LogP contribution < -0.4 is 0 Å². The van der Waals surface area contributed by atoms with Gasteiger partial charge in [0.05, 0.1) is 0 Å². The number of halogens is 3. The van der Waals surface area contributed by atoms with Gasteiger partial charge in [-0.1, -0.05) is 20.8 Å². The molecule has 0 amide bonds. The topological polar surface area (TPSA) is 28.7 Å². The van der Waals surface area contributed by atoms with Crippen LogP contribution in [0.1, 0.15) is 44.1 Å². The van der Waals surface area contributed by atoms with Crippen LogP contribution >= 0.6 is 0 Å². The predicted molar refractivity (Wildman–Crippen MR) is 58.6 cm³/mol. The molecule has 5 heteroatoms. The van der Waals surface area contributed by atoms with Crippen molar-refractivity contribution in [1.82, 2.24) is 10.2 Å². The zero-order chi connectivity index (χ0) is 12.8. The molecule has 0 radical (unpaired) electrons. The monoisotopic (exact) mass is 246 g/mol. The summed E-state index contributed by atoms with van der Waals surface area (Å²) in [5, 5.41) is 5.97. The smallest absolute Gasteiger partial charge is 0.282 e. The van der Waals surface area contributed by atoms with Crippen molar-refractivity contribution in [1.29, 1.82) is 0 Å². The summed E-state index contributed by atoms with van der Waals surface area (Å²) in [6.07, 6.45) is -2.27. The van der Waals surface area contributed by atoms with Crippen LogP contribution in [0.5, 0.6) is 0 Å². The number of aryl methyl sites for hydroxylation is 1. The lowest BCUT2D eigenvalue weighted by atomic mass is 9.71. The normalized spacial score (nSPS) is 21.4. The first-order chi connectivity index (χ1) is 7.69. The number of H-pyrrole nitrogens is 1. The molecule has 0 saturated heterocycles. The highest BCUT2D eigenvalue weighted by molar-refractivity contribution is 5.30. The zero-order valence-electron chi connectivity index (χ0n) is 10.3. The van der Waals surface area contributed by atoms with E-state index in [2.05, 4.69) is 31.0 Å². The van der Waals surface area contributed by atoms with E-state index in [1.54, 1.807) is 0 Å². The van der Waals surface area contributed by atoms with Crippen molar-refractivity contribution in [3.8, 4) is 0 Å². The second-order valence-corrected chi connectivity index (χ2v) is 5.83. The molecule has 1 aromatic heterocycles. The minimum absolute atomic E-state index is 0.0395. The average Bonchev–Trinajstić information content (AvgIpc) is 2.57. The van der Waals surface area contributed by atoms with Crippen molar-refractivity contribution < 1.29 is 13.2 Å². The van der Waals surface area contributed by atoms with Crippen LogP contribution in [0.2, 0.25) is 0 Å². The van der Waals surface area contributed by atoms with E-state index in [-0.39, 0.29) is 11.3 Å². The lowest BCUT2D eigenvalue weighted by molar-refractivity contribution is -0.142. The fraction of sp³-hybridized carbons (Fsp3) is 0.750. The molecule has 2 nitrogen and oxygen atoms in total. The molecule has 0 aliphatic heterocycles. The molecule has 1 aliphatic rings. The van der Waals surface area contributed by atoms with Crippen LogP contribution in [-0.2, 0) is 19.0 Å².